The average molecular weight is 324 g/mol. The summed E-state index contributed by atoms with van der Waals surface area (Å²) < 4.78 is 1.05. The summed E-state index contributed by atoms with van der Waals surface area (Å²) in [4.78, 5) is 16.5. The van der Waals surface area contributed by atoms with Crippen molar-refractivity contribution >= 4 is 27.6 Å². The molecule has 0 aromatic heterocycles. The summed E-state index contributed by atoms with van der Waals surface area (Å²) in [5.41, 5.74) is 2.16. The van der Waals surface area contributed by atoms with Gasteiger partial charge in [0.1, 0.15) is 0 Å². The Morgan fingerprint density at radius 3 is 2.89 bits per heavy atom. The van der Waals surface area contributed by atoms with Crippen molar-refractivity contribution in [2.24, 2.45) is 0 Å². The maximum Gasteiger partial charge on any atom is 0.324 e. The number of benzene rings is 1. The van der Waals surface area contributed by atoms with Gasteiger partial charge in [-0.2, -0.15) is 0 Å². The SMILES string of the molecule is Cc1cc(Br)ccc1N1CCN(C2CCNC2)C1=O. The third kappa shape index (κ3) is 2.37. The zero-order valence-electron chi connectivity index (χ0n) is 11.0. The molecule has 4 nitrogen and oxygen atoms in total. The van der Waals surface area contributed by atoms with Gasteiger partial charge < -0.3 is 10.2 Å². The van der Waals surface area contributed by atoms with E-state index in [2.05, 4.69) is 27.3 Å². The van der Waals surface area contributed by atoms with E-state index in [-0.39, 0.29) is 6.03 Å². The molecule has 0 bridgehead atoms. The fourth-order valence-electron chi connectivity index (χ4n) is 2.94. The number of aryl methyl sites for hydroxylation is 1. The molecule has 1 atom stereocenters. The van der Waals surface area contributed by atoms with Crippen molar-refractivity contribution in [3.63, 3.8) is 0 Å². The number of hydrogen-bond acceptors (Lipinski definition) is 2. The van der Waals surface area contributed by atoms with E-state index < -0.39 is 0 Å². The lowest BCUT2D eigenvalue weighted by molar-refractivity contribution is 0.205. The van der Waals surface area contributed by atoms with Crippen LogP contribution < -0.4 is 10.2 Å². The van der Waals surface area contributed by atoms with Crippen LogP contribution in [0.5, 0.6) is 0 Å². The number of nitrogens with one attached hydrogen (secondary N) is 1. The lowest BCUT2D eigenvalue weighted by Gasteiger charge is -2.24. The fourth-order valence-corrected chi connectivity index (χ4v) is 3.42. The van der Waals surface area contributed by atoms with Crippen LogP contribution in [0.1, 0.15) is 12.0 Å². The fraction of sp³-hybridized carbons (Fsp3) is 0.500. The Morgan fingerprint density at radius 1 is 1.37 bits per heavy atom. The minimum atomic E-state index is 0.152. The number of carbonyl (C=O) groups is 1. The molecule has 102 valence electrons. The van der Waals surface area contributed by atoms with Crippen LogP contribution in [-0.2, 0) is 0 Å². The lowest BCUT2D eigenvalue weighted by Crippen LogP contribution is -2.40. The molecule has 0 aliphatic carbocycles. The van der Waals surface area contributed by atoms with E-state index >= 15 is 0 Å². The Hall–Kier alpha value is -1.07. The summed E-state index contributed by atoms with van der Waals surface area (Å²) in [6, 6.07) is 6.60. The first-order valence-electron chi connectivity index (χ1n) is 6.72. The van der Waals surface area contributed by atoms with Crippen LogP contribution in [0, 0.1) is 6.92 Å². The summed E-state index contributed by atoms with van der Waals surface area (Å²) in [6.45, 7) is 5.62. The Bertz CT molecular complexity index is 499. The molecular weight excluding hydrogens is 306 g/mol. The normalized spacial score (nSPS) is 23.5. The summed E-state index contributed by atoms with van der Waals surface area (Å²) in [5.74, 6) is 0. The van der Waals surface area contributed by atoms with Gasteiger partial charge in [-0.3, -0.25) is 4.90 Å². The lowest BCUT2D eigenvalue weighted by atomic mass is 10.2. The van der Waals surface area contributed by atoms with Crippen molar-refractivity contribution in [3.8, 4) is 0 Å². The van der Waals surface area contributed by atoms with Gasteiger partial charge in [0.15, 0.2) is 0 Å². The molecule has 1 N–H and O–H groups in total. The first-order valence-corrected chi connectivity index (χ1v) is 7.51. The van der Waals surface area contributed by atoms with Crippen molar-refractivity contribution in [2.45, 2.75) is 19.4 Å². The number of urea groups is 1. The van der Waals surface area contributed by atoms with Crippen molar-refractivity contribution in [1.82, 2.24) is 10.2 Å². The highest BCUT2D eigenvalue weighted by atomic mass is 79.9. The van der Waals surface area contributed by atoms with Crippen molar-refractivity contribution in [3.05, 3.63) is 28.2 Å². The summed E-state index contributed by atoms with van der Waals surface area (Å²) in [7, 11) is 0. The van der Waals surface area contributed by atoms with E-state index in [0.717, 1.165) is 48.3 Å². The number of rotatable bonds is 2. The van der Waals surface area contributed by atoms with Crippen molar-refractivity contribution in [1.29, 1.82) is 0 Å². The Morgan fingerprint density at radius 2 is 2.21 bits per heavy atom. The molecule has 5 heteroatoms. The molecule has 2 fully saturated rings. The van der Waals surface area contributed by atoms with Crippen LogP contribution in [0.4, 0.5) is 10.5 Å². The van der Waals surface area contributed by atoms with E-state index in [4.69, 9.17) is 0 Å². The third-order valence-electron chi connectivity index (χ3n) is 3.97. The second-order valence-corrected chi connectivity index (χ2v) is 6.12. The minimum Gasteiger partial charge on any atom is -0.318 e. The van der Waals surface area contributed by atoms with Crippen molar-refractivity contribution in [2.75, 3.05) is 31.1 Å². The highest BCUT2D eigenvalue weighted by molar-refractivity contribution is 9.10. The van der Waals surface area contributed by atoms with Gasteiger partial charge in [-0.15, -0.1) is 0 Å². The standard InChI is InChI=1S/C14H18BrN3O/c1-10-8-11(15)2-3-13(10)18-7-6-17(14(18)19)12-4-5-16-9-12/h2-3,8,12,16H,4-7,9H2,1H3. The molecule has 1 unspecified atom stereocenters. The van der Waals surface area contributed by atoms with E-state index in [1.807, 2.05) is 28.9 Å². The summed E-state index contributed by atoms with van der Waals surface area (Å²) >= 11 is 3.46. The molecule has 2 aliphatic rings. The Labute approximate surface area is 121 Å². The van der Waals surface area contributed by atoms with Gasteiger partial charge in [0.2, 0.25) is 0 Å². The van der Waals surface area contributed by atoms with Gasteiger partial charge in [-0.1, -0.05) is 15.9 Å². The quantitative estimate of drug-likeness (QED) is 0.906. The van der Waals surface area contributed by atoms with Gasteiger partial charge in [-0.25, -0.2) is 4.79 Å². The number of nitrogens with zero attached hydrogens (tertiary/aromatic N) is 2. The average Bonchev–Trinajstić information content (AvgIpc) is 2.99. The van der Waals surface area contributed by atoms with Gasteiger partial charge in [0, 0.05) is 35.8 Å². The minimum absolute atomic E-state index is 0.152. The van der Waals surface area contributed by atoms with Gasteiger partial charge in [0.05, 0.1) is 0 Å². The highest BCUT2D eigenvalue weighted by Crippen LogP contribution is 2.28. The molecule has 1 aromatic rings. The van der Waals surface area contributed by atoms with E-state index in [0.29, 0.717) is 6.04 Å². The topological polar surface area (TPSA) is 35.6 Å². The van der Waals surface area contributed by atoms with Crippen LogP contribution in [-0.4, -0.2) is 43.2 Å². The smallest absolute Gasteiger partial charge is 0.318 e. The number of amides is 2. The number of hydrogen-bond donors (Lipinski definition) is 1. The molecule has 2 saturated heterocycles. The van der Waals surface area contributed by atoms with Gasteiger partial charge >= 0.3 is 6.03 Å². The Kier molecular flexibility index (Phi) is 3.50. The summed E-state index contributed by atoms with van der Waals surface area (Å²) in [6.07, 6.45) is 1.07. The van der Waals surface area contributed by atoms with Crippen LogP contribution in [0.15, 0.2) is 22.7 Å². The molecule has 2 aliphatic heterocycles. The van der Waals surface area contributed by atoms with E-state index in [9.17, 15) is 4.79 Å². The molecule has 2 amide bonds. The van der Waals surface area contributed by atoms with E-state index in [1.54, 1.807) is 0 Å². The number of halogens is 1. The molecule has 2 heterocycles. The van der Waals surface area contributed by atoms with Crippen LogP contribution in [0.3, 0.4) is 0 Å². The molecule has 0 saturated carbocycles. The van der Waals surface area contributed by atoms with Gasteiger partial charge in [0.25, 0.3) is 0 Å². The molecule has 0 spiro atoms. The van der Waals surface area contributed by atoms with Crippen LogP contribution in [0.25, 0.3) is 0 Å². The van der Waals surface area contributed by atoms with Crippen LogP contribution >= 0.6 is 15.9 Å². The molecule has 3 rings (SSSR count). The second-order valence-electron chi connectivity index (χ2n) is 5.21. The first-order chi connectivity index (χ1) is 9.16. The maximum atomic E-state index is 12.5. The largest absolute Gasteiger partial charge is 0.324 e. The highest BCUT2D eigenvalue weighted by Gasteiger charge is 2.35. The van der Waals surface area contributed by atoms with E-state index in [1.165, 1.54) is 0 Å². The summed E-state index contributed by atoms with van der Waals surface area (Å²) in [5, 5.41) is 3.32. The molecule has 19 heavy (non-hydrogen) atoms. The second kappa shape index (κ2) is 5.13. The Balaban J connectivity index is 1.81. The number of carbonyl (C=O) groups excluding carboxylic acids is 1. The zero-order valence-corrected chi connectivity index (χ0v) is 12.6. The monoisotopic (exact) mass is 323 g/mol. The third-order valence-corrected chi connectivity index (χ3v) is 4.46. The first kappa shape index (κ1) is 12.9. The zero-order chi connectivity index (χ0) is 13.4. The van der Waals surface area contributed by atoms with Crippen molar-refractivity contribution < 1.29 is 4.79 Å². The van der Waals surface area contributed by atoms with Crippen LogP contribution in [0.2, 0.25) is 0 Å². The number of anilines is 1. The van der Waals surface area contributed by atoms with Gasteiger partial charge in [-0.05, 0) is 43.7 Å². The molecular formula is C14H18BrN3O. The maximum absolute atomic E-state index is 12.5. The predicted octanol–water partition coefficient (Wildman–Crippen LogP) is 2.36. The predicted molar refractivity (Wildman–Crippen MR) is 79.6 cm³/mol. The molecule has 0 radical (unpaired) electrons. The molecule has 1 aromatic carbocycles.